The quantitative estimate of drug-likeness (QED) is 0.638. The van der Waals surface area contributed by atoms with E-state index in [2.05, 4.69) is 5.32 Å². The SMILES string of the molecule is CCC(C)Nc1c([N+](=O)[O-])ccc(F)c1F. The summed E-state index contributed by atoms with van der Waals surface area (Å²) in [6, 6.07) is 1.52. The van der Waals surface area contributed by atoms with Gasteiger partial charge in [0, 0.05) is 12.1 Å². The van der Waals surface area contributed by atoms with Gasteiger partial charge < -0.3 is 5.32 Å². The Kier molecular flexibility index (Phi) is 3.76. The zero-order valence-corrected chi connectivity index (χ0v) is 8.96. The van der Waals surface area contributed by atoms with E-state index in [0.717, 1.165) is 12.1 Å². The highest BCUT2D eigenvalue weighted by atomic mass is 19.2. The summed E-state index contributed by atoms with van der Waals surface area (Å²) in [6.45, 7) is 3.56. The lowest BCUT2D eigenvalue weighted by Gasteiger charge is -2.13. The molecule has 0 bridgehead atoms. The smallest absolute Gasteiger partial charge is 0.295 e. The van der Waals surface area contributed by atoms with Gasteiger partial charge in [0.05, 0.1) is 4.92 Å². The van der Waals surface area contributed by atoms with Gasteiger partial charge in [-0.05, 0) is 19.4 Å². The molecule has 0 aliphatic heterocycles. The summed E-state index contributed by atoms with van der Waals surface area (Å²) in [5.74, 6) is -2.31. The Hall–Kier alpha value is -1.72. The number of rotatable bonds is 4. The van der Waals surface area contributed by atoms with Crippen LogP contribution in [0.4, 0.5) is 20.2 Å². The molecule has 0 aliphatic rings. The topological polar surface area (TPSA) is 55.2 Å². The average Bonchev–Trinajstić information content (AvgIpc) is 2.24. The molecule has 0 spiro atoms. The Morgan fingerprint density at radius 2 is 2.12 bits per heavy atom. The van der Waals surface area contributed by atoms with Crippen LogP contribution < -0.4 is 5.32 Å². The molecule has 6 heteroatoms. The molecule has 1 rings (SSSR count). The third kappa shape index (κ3) is 2.44. The second-order valence-electron chi connectivity index (χ2n) is 3.47. The van der Waals surface area contributed by atoms with Gasteiger partial charge >= 0.3 is 0 Å². The fourth-order valence-corrected chi connectivity index (χ4v) is 1.18. The number of nitrogens with zero attached hydrogens (tertiary/aromatic N) is 1. The van der Waals surface area contributed by atoms with Crippen molar-refractivity contribution in [1.29, 1.82) is 0 Å². The highest BCUT2D eigenvalue weighted by molar-refractivity contribution is 5.62. The molecule has 16 heavy (non-hydrogen) atoms. The summed E-state index contributed by atoms with van der Waals surface area (Å²) in [4.78, 5) is 9.89. The zero-order chi connectivity index (χ0) is 12.3. The van der Waals surface area contributed by atoms with Crippen LogP contribution in [0.5, 0.6) is 0 Å². The van der Waals surface area contributed by atoms with Crippen molar-refractivity contribution in [3.63, 3.8) is 0 Å². The minimum Gasteiger partial charge on any atom is -0.375 e. The van der Waals surface area contributed by atoms with E-state index in [0.29, 0.717) is 6.42 Å². The third-order valence-corrected chi connectivity index (χ3v) is 2.27. The molecule has 0 saturated carbocycles. The molecule has 1 aromatic rings. The fraction of sp³-hybridized carbons (Fsp3) is 0.400. The first-order valence-electron chi connectivity index (χ1n) is 4.86. The molecule has 0 heterocycles. The van der Waals surface area contributed by atoms with E-state index < -0.39 is 22.2 Å². The van der Waals surface area contributed by atoms with Crippen molar-refractivity contribution >= 4 is 11.4 Å². The lowest BCUT2D eigenvalue weighted by molar-refractivity contribution is -0.384. The summed E-state index contributed by atoms with van der Waals surface area (Å²) in [7, 11) is 0. The molecule has 0 aliphatic carbocycles. The highest BCUT2D eigenvalue weighted by Crippen LogP contribution is 2.29. The van der Waals surface area contributed by atoms with E-state index in [4.69, 9.17) is 0 Å². The molecular weight excluding hydrogens is 218 g/mol. The maximum absolute atomic E-state index is 13.4. The van der Waals surface area contributed by atoms with E-state index in [1.165, 1.54) is 0 Å². The van der Waals surface area contributed by atoms with Crippen LogP contribution in [0.25, 0.3) is 0 Å². The lowest BCUT2D eigenvalue weighted by atomic mass is 10.2. The number of nitrogens with one attached hydrogen (secondary N) is 1. The Morgan fingerprint density at radius 3 is 2.62 bits per heavy atom. The van der Waals surface area contributed by atoms with E-state index in [1.54, 1.807) is 6.92 Å². The third-order valence-electron chi connectivity index (χ3n) is 2.27. The summed E-state index contributed by atoms with van der Waals surface area (Å²) < 4.78 is 26.3. The minimum absolute atomic E-state index is 0.171. The Morgan fingerprint density at radius 1 is 1.50 bits per heavy atom. The fourth-order valence-electron chi connectivity index (χ4n) is 1.18. The van der Waals surface area contributed by atoms with Crippen molar-refractivity contribution in [2.75, 3.05) is 5.32 Å². The van der Waals surface area contributed by atoms with Gasteiger partial charge in [-0.2, -0.15) is 0 Å². The van der Waals surface area contributed by atoms with Crippen LogP contribution in [0, 0.1) is 21.7 Å². The van der Waals surface area contributed by atoms with Crippen molar-refractivity contribution in [1.82, 2.24) is 0 Å². The highest BCUT2D eigenvalue weighted by Gasteiger charge is 2.22. The van der Waals surface area contributed by atoms with Gasteiger partial charge in [-0.25, -0.2) is 8.78 Å². The van der Waals surface area contributed by atoms with Crippen molar-refractivity contribution < 1.29 is 13.7 Å². The summed E-state index contributed by atoms with van der Waals surface area (Å²) >= 11 is 0. The Bertz CT molecular complexity index is 410. The summed E-state index contributed by atoms with van der Waals surface area (Å²) in [5, 5.41) is 13.2. The average molecular weight is 230 g/mol. The van der Waals surface area contributed by atoms with Gasteiger partial charge in [0.15, 0.2) is 17.3 Å². The largest absolute Gasteiger partial charge is 0.375 e. The molecule has 88 valence electrons. The van der Waals surface area contributed by atoms with Crippen LogP contribution in [-0.2, 0) is 0 Å². The monoisotopic (exact) mass is 230 g/mol. The minimum atomic E-state index is -1.21. The standard InChI is InChI=1S/C10H12F2N2O2/c1-3-6(2)13-10-8(14(15)16)5-4-7(11)9(10)12/h4-6,13H,3H2,1-2H3. The second-order valence-corrected chi connectivity index (χ2v) is 3.47. The maximum atomic E-state index is 13.4. The van der Waals surface area contributed by atoms with Crippen molar-refractivity contribution in [3.05, 3.63) is 33.9 Å². The van der Waals surface area contributed by atoms with Crippen molar-refractivity contribution in [2.24, 2.45) is 0 Å². The van der Waals surface area contributed by atoms with E-state index >= 15 is 0 Å². The molecule has 1 atom stereocenters. The van der Waals surface area contributed by atoms with Crippen LogP contribution in [-0.4, -0.2) is 11.0 Å². The van der Waals surface area contributed by atoms with Crippen LogP contribution in [0.3, 0.4) is 0 Å². The Labute approximate surface area is 91.4 Å². The first-order valence-corrected chi connectivity index (χ1v) is 4.86. The molecule has 0 radical (unpaired) electrons. The molecule has 1 N–H and O–H groups in total. The van der Waals surface area contributed by atoms with Gasteiger partial charge in [-0.3, -0.25) is 10.1 Å². The van der Waals surface area contributed by atoms with Crippen LogP contribution >= 0.6 is 0 Å². The van der Waals surface area contributed by atoms with Gasteiger partial charge in [-0.15, -0.1) is 0 Å². The molecule has 0 saturated heterocycles. The number of halogens is 2. The normalized spacial score (nSPS) is 12.2. The van der Waals surface area contributed by atoms with Gasteiger partial charge in [0.1, 0.15) is 0 Å². The molecule has 0 aromatic heterocycles. The molecule has 1 aromatic carbocycles. The maximum Gasteiger partial charge on any atom is 0.295 e. The Balaban J connectivity index is 3.21. The number of hydrogen-bond donors (Lipinski definition) is 1. The molecule has 1 unspecified atom stereocenters. The van der Waals surface area contributed by atoms with Crippen LogP contribution in [0.2, 0.25) is 0 Å². The van der Waals surface area contributed by atoms with Crippen LogP contribution in [0.1, 0.15) is 20.3 Å². The number of anilines is 1. The predicted molar refractivity (Wildman–Crippen MR) is 56.4 cm³/mol. The number of nitro benzene ring substituents is 1. The number of benzene rings is 1. The molecule has 0 fully saturated rings. The van der Waals surface area contributed by atoms with Crippen molar-refractivity contribution in [3.8, 4) is 0 Å². The second kappa shape index (κ2) is 4.87. The van der Waals surface area contributed by atoms with Crippen LogP contribution in [0.15, 0.2) is 12.1 Å². The zero-order valence-electron chi connectivity index (χ0n) is 8.96. The lowest BCUT2D eigenvalue weighted by Crippen LogP contribution is -2.16. The van der Waals surface area contributed by atoms with E-state index in [9.17, 15) is 18.9 Å². The number of nitro groups is 1. The van der Waals surface area contributed by atoms with Gasteiger partial charge in [0.2, 0.25) is 0 Å². The van der Waals surface area contributed by atoms with Gasteiger partial charge in [-0.1, -0.05) is 6.92 Å². The molecule has 0 amide bonds. The predicted octanol–water partition coefficient (Wildman–Crippen LogP) is 3.08. The van der Waals surface area contributed by atoms with E-state index in [-0.39, 0.29) is 11.7 Å². The first-order chi connectivity index (χ1) is 7.47. The number of hydrogen-bond acceptors (Lipinski definition) is 3. The molecular formula is C10H12F2N2O2. The first kappa shape index (κ1) is 12.4. The van der Waals surface area contributed by atoms with E-state index in [1.807, 2.05) is 6.92 Å². The van der Waals surface area contributed by atoms with Crippen molar-refractivity contribution in [2.45, 2.75) is 26.3 Å². The summed E-state index contributed by atoms with van der Waals surface area (Å²) in [6.07, 6.45) is 0.646. The summed E-state index contributed by atoms with van der Waals surface area (Å²) in [5.41, 5.74) is -0.849. The molecule has 4 nitrogen and oxygen atoms in total. The van der Waals surface area contributed by atoms with Gasteiger partial charge in [0.25, 0.3) is 5.69 Å².